The third kappa shape index (κ3) is 16.1. The maximum absolute atomic E-state index is 10.4. The summed E-state index contributed by atoms with van der Waals surface area (Å²) in [6, 6.07) is 0. The van der Waals surface area contributed by atoms with Crippen LogP contribution in [-0.4, -0.2) is 12.6 Å². The summed E-state index contributed by atoms with van der Waals surface area (Å²) >= 11 is 0. The van der Waals surface area contributed by atoms with Crippen LogP contribution in [0.3, 0.4) is 0 Å². The first-order chi connectivity index (χ1) is 6.77. The molecule has 0 aromatic rings. The summed E-state index contributed by atoms with van der Waals surface area (Å²) in [4.78, 5) is 10.4. The first-order valence-electron chi connectivity index (χ1n) is 5.90. The predicted molar refractivity (Wildman–Crippen MR) is 64.3 cm³/mol. The van der Waals surface area contributed by atoms with E-state index in [1.54, 1.807) is 0 Å². The predicted octanol–water partition coefficient (Wildman–Crippen LogP) is 3.85. The Balaban J connectivity index is 0. The van der Waals surface area contributed by atoms with Gasteiger partial charge in [-0.05, 0) is 6.42 Å². The van der Waals surface area contributed by atoms with Gasteiger partial charge in [0, 0.05) is 6.92 Å². The highest BCUT2D eigenvalue weighted by Gasteiger charge is 1.93. The van der Waals surface area contributed by atoms with E-state index in [-0.39, 0.29) is 12.1 Å². The van der Waals surface area contributed by atoms with E-state index < -0.39 is 0 Å². The fraction of sp³-hybridized carbons (Fsp3) is 0.917. The average molecular weight is 217 g/mol. The quantitative estimate of drug-likeness (QED) is 0.471. The Labute approximate surface area is 94.2 Å². The highest BCUT2D eigenvalue weighted by Crippen LogP contribution is 2.08. The van der Waals surface area contributed by atoms with Crippen molar-refractivity contribution in [1.29, 1.82) is 0 Å². The van der Waals surface area contributed by atoms with Crippen LogP contribution in [0.15, 0.2) is 0 Å². The maximum Gasteiger partial charge on any atom is 0.302 e. The van der Waals surface area contributed by atoms with E-state index in [0.29, 0.717) is 6.61 Å². The topological polar surface area (TPSA) is 61.3 Å². The van der Waals surface area contributed by atoms with Crippen LogP contribution in [0.25, 0.3) is 0 Å². The zero-order valence-electron chi connectivity index (χ0n) is 10.4. The van der Waals surface area contributed by atoms with Gasteiger partial charge in [-0.1, -0.05) is 51.9 Å². The van der Waals surface area contributed by atoms with Crippen molar-refractivity contribution in [3.63, 3.8) is 0 Å². The van der Waals surface area contributed by atoms with E-state index in [9.17, 15) is 4.79 Å². The number of ether oxygens (including phenoxy) is 1. The fourth-order valence-electron chi connectivity index (χ4n) is 1.45. The van der Waals surface area contributed by atoms with Gasteiger partial charge in [-0.2, -0.15) is 0 Å². The number of hydrogen-bond donors (Lipinski definition) is 1. The van der Waals surface area contributed by atoms with Gasteiger partial charge in [0.05, 0.1) is 6.61 Å². The smallest absolute Gasteiger partial charge is 0.302 e. The zero-order chi connectivity index (χ0) is 10.6. The third-order valence-electron chi connectivity index (χ3n) is 2.30. The van der Waals surface area contributed by atoms with E-state index in [1.165, 1.54) is 51.9 Å². The second kappa shape index (κ2) is 13.4. The van der Waals surface area contributed by atoms with Gasteiger partial charge in [0.2, 0.25) is 0 Å². The second-order valence-corrected chi connectivity index (χ2v) is 3.81. The van der Waals surface area contributed by atoms with Crippen molar-refractivity contribution in [2.45, 2.75) is 65.2 Å². The van der Waals surface area contributed by atoms with Crippen LogP contribution in [0.2, 0.25) is 0 Å². The Morgan fingerprint density at radius 1 is 0.933 bits per heavy atom. The first-order valence-corrected chi connectivity index (χ1v) is 5.90. The summed E-state index contributed by atoms with van der Waals surface area (Å²) in [5.41, 5.74) is 0. The standard InChI is InChI=1S/C12H24O2.H3N/c1-3-4-5-6-7-8-9-10-11-14-12(2)13;/h3-11H2,1-2H3;1H3. The molecule has 15 heavy (non-hydrogen) atoms. The van der Waals surface area contributed by atoms with Crippen LogP contribution in [0.1, 0.15) is 65.2 Å². The molecule has 0 aliphatic rings. The molecule has 0 unspecified atom stereocenters. The van der Waals surface area contributed by atoms with Crippen LogP contribution >= 0.6 is 0 Å². The van der Waals surface area contributed by atoms with Crippen LogP contribution in [0, 0.1) is 0 Å². The lowest BCUT2D eigenvalue weighted by molar-refractivity contribution is -0.141. The number of carbonyl (C=O) groups excluding carboxylic acids is 1. The second-order valence-electron chi connectivity index (χ2n) is 3.81. The Hall–Kier alpha value is -0.570. The van der Waals surface area contributed by atoms with Gasteiger partial charge in [-0.15, -0.1) is 0 Å². The molecule has 0 rings (SSSR count). The average Bonchev–Trinajstić information content (AvgIpc) is 2.15. The van der Waals surface area contributed by atoms with E-state index in [1.807, 2.05) is 0 Å². The summed E-state index contributed by atoms with van der Waals surface area (Å²) in [7, 11) is 0. The van der Waals surface area contributed by atoms with Gasteiger partial charge < -0.3 is 10.9 Å². The molecule has 3 nitrogen and oxygen atoms in total. The number of unbranched alkanes of at least 4 members (excludes halogenated alkanes) is 7. The Bertz CT molecular complexity index is 138. The SMILES string of the molecule is CCCCCCCCCCOC(C)=O.N. The van der Waals surface area contributed by atoms with Crippen LogP contribution in [-0.2, 0) is 9.53 Å². The monoisotopic (exact) mass is 217 g/mol. The molecule has 0 spiro atoms. The lowest BCUT2D eigenvalue weighted by atomic mass is 10.1. The molecule has 0 atom stereocenters. The molecule has 0 aliphatic heterocycles. The van der Waals surface area contributed by atoms with E-state index >= 15 is 0 Å². The van der Waals surface area contributed by atoms with Crippen LogP contribution in [0.5, 0.6) is 0 Å². The third-order valence-corrected chi connectivity index (χ3v) is 2.30. The Morgan fingerprint density at radius 2 is 1.40 bits per heavy atom. The number of carbonyl (C=O) groups is 1. The van der Waals surface area contributed by atoms with Gasteiger partial charge >= 0.3 is 5.97 Å². The highest BCUT2D eigenvalue weighted by molar-refractivity contribution is 5.65. The van der Waals surface area contributed by atoms with E-state index in [2.05, 4.69) is 6.92 Å². The Morgan fingerprint density at radius 3 is 1.87 bits per heavy atom. The highest BCUT2D eigenvalue weighted by atomic mass is 16.5. The van der Waals surface area contributed by atoms with Crippen LogP contribution in [0.4, 0.5) is 0 Å². The van der Waals surface area contributed by atoms with Gasteiger partial charge in [0.25, 0.3) is 0 Å². The summed E-state index contributed by atoms with van der Waals surface area (Å²) in [5, 5.41) is 0. The number of esters is 1. The summed E-state index contributed by atoms with van der Waals surface area (Å²) < 4.78 is 4.85. The molecule has 0 radical (unpaired) electrons. The molecular formula is C12H27NO2. The lowest BCUT2D eigenvalue weighted by Crippen LogP contribution is -1.99. The lowest BCUT2D eigenvalue weighted by Gasteiger charge is -2.02. The maximum atomic E-state index is 10.4. The summed E-state index contributed by atoms with van der Waals surface area (Å²) in [6.45, 7) is 4.30. The molecule has 3 heteroatoms. The van der Waals surface area contributed by atoms with Gasteiger partial charge in [-0.3, -0.25) is 4.79 Å². The Kier molecular flexibility index (Phi) is 15.1. The van der Waals surface area contributed by atoms with Crippen molar-refractivity contribution in [2.24, 2.45) is 0 Å². The first kappa shape index (κ1) is 16.8. The van der Waals surface area contributed by atoms with Crippen molar-refractivity contribution in [2.75, 3.05) is 6.61 Å². The molecule has 0 aromatic heterocycles. The van der Waals surface area contributed by atoms with Gasteiger partial charge in [0.15, 0.2) is 0 Å². The molecule has 0 saturated heterocycles. The zero-order valence-corrected chi connectivity index (χ0v) is 10.4. The summed E-state index contributed by atoms with van der Waals surface area (Å²) in [5.74, 6) is -0.159. The van der Waals surface area contributed by atoms with Crippen LogP contribution < -0.4 is 6.15 Å². The summed E-state index contributed by atoms with van der Waals surface area (Å²) in [6.07, 6.45) is 10.2. The van der Waals surface area contributed by atoms with Crippen molar-refractivity contribution >= 4 is 5.97 Å². The molecular weight excluding hydrogens is 190 g/mol. The van der Waals surface area contributed by atoms with Crippen molar-refractivity contribution in [3.8, 4) is 0 Å². The molecule has 0 heterocycles. The van der Waals surface area contributed by atoms with Crippen molar-refractivity contribution < 1.29 is 9.53 Å². The fourth-order valence-corrected chi connectivity index (χ4v) is 1.45. The normalized spacial score (nSPS) is 9.47. The van der Waals surface area contributed by atoms with Gasteiger partial charge in [-0.25, -0.2) is 0 Å². The van der Waals surface area contributed by atoms with E-state index in [0.717, 1.165) is 6.42 Å². The van der Waals surface area contributed by atoms with Crippen molar-refractivity contribution in [3.05, 3.63) is 0 Å². The molecule has 3 N–H and O–H groups in total. The molecule has 92 valence electrons. The minimum atomic E-state index is -0.159. The number of rotatable bonds is 9. The number of hydrogen-bond acceptors (Lipinski definition) is 3. The molecule has 0 bridgehead atoms. The van der Waals surface area contributed by atoms with Gasteiger partial charge in [0.1, 0.15) is 0 Å². The molecule has 0 amide bonds. The minimum absolute atomic E-state index is 0. The largest absolute Gasteiger partial charge is 0.466 e. The molecule has 0 saturated carbocycles. The van der Waals surface area contributed by atoms with Crippen molar-refractivity contribution in [1.82, 2.24) is 6.15 Å². The minimum Gasteiger partial charge on any atom is -0.466 e. The molecule has 0 aromatic carbocycles. The van der Waals surface area contributed by atoms with E-state index in [4.69, 9.17) is 4.74 Å². The molecule has 0 fully saturated rings. The molecule has 0 aliphatic carbocycles.